The van der Waals surface area contributed by atoms with Gasteiger partial charge in [0, 0.05) is 6.54 Å². The number of primary amides is 1. The molecule has 0 atom stereocenters. The number of pyridine rings is 1. The monoisotopic (exact) mass is 414 g/mol. The van der Waals surface area contributed by atoms with Crippen LogP contribution in [0.3, 0.4) is 0 Å². The Hall–Kier alpha value is -3.94. The minimum Gasteiger partial charge on any atom is -0.477 e. The molecule has 4 aromatic rings. The molecule has 3 aromatic heterocycles. The van der Waals surface area contributed by atoms with Crippen LogP contribution in [0, 0.1) is 0 Å². The Morgan fingerprint density at radius 2 is 1.97 bits per heavy atom. The van der Waals surface area contributed by atoms with Gasteiger partial charge < -0.3 is 15.8 Å². The van der Waals surface area contributed by atoms with Crippen LogP contribution in [0.2, 0.25) is 0 Å². The van der Waals surface area contributed by atoms with Crippen molar-refractivity contribution in [2.45, 2.75) is 25.8 Å². The molecule has 0 bridgehead atoms. The quantitative estimate of drug-likeness (QED) is 0.519. The normalized spacial score (nSPS) is 13.3. The molecule has 1 aliphatic rings. The van der Waals surface area contributed by atoms with Crippen LogP contribution in [0.15, 0.2) is 54.9 Å². The van der Waals surface area contributed by atoms with Crippen molar-refractivity contribution in [3.05, 3.63) is 71.7 Å². The van der Waals surface area contributed by atoms with Crippen LogP contribution in [0.1, 0.15) is 34.5 Å². The maximum atomic E-state index is 11.8. The third-order valence-corrected chi connectivity index (χ3v) is 5.37. The number of carbonyl (C=O) groups is 1. The number of hydrogen-bond donors (Lipinski definition) is 2. The lowest BCUT2D eigenvalue weighted by molar-refractivity contribution is 0.0994. The highest BCUT2D eigenvalue weighted by Crippen LogP contribution is 2.32. The zero-order valence-electron chi connectivity index (χ0n) is 16.9. The Kier molecular flexibility index (Phi) is 4.95. The lowest BCUT2D eigenvalue weighted by Gasteiger charge is -2.14. The highest BCUT2D eigenvalue weighted by Gasteiger charge is 2.21. The minimum atomic E-state index is -0.522. The summed E-state index contributed by atoms with van der Waals surface area (Å²) in [5.74, 6) is 1.26. The van der Waals surface area contributed by atoms with E-state index in [1.807, 2.05) is 24.3 Å². The molecule has 1 aromatic carbocycles. The number of nitrogens with zero attached hydrogens (tertiary/aromatic N) is 4. The van der Waals surface area contributed by atoms with E-state index in [2.05, 4.69) is 22.4 Å². The van der Waals surface area contributed by atoms with Crippen molar-refractivity contribution in [2.24, 2.45) is 5.73 Å². The first-order valence-corrected chi connectivity index (χ1v) is 10.3. The molecule has 5 rings (SSSR count). The second-order valence-corrected chi connectivity index (χ2v) is 7.45. The summed E-state index contributed by atoms with van der Waals surface area (Å²) in [7, 11) is 0. The van der Waals surface area contributed by atoms with Crippen LogP contribution in [0.5, 0.6) is 5.88 Å². The molecule has 1 aliphatic heterocycles. The first kappa shape index (κ1) is 19.0. The van der Waals surface area contributed by atoms with Crippen molar-refractivity contribution in [2.75, 3.05) is 11.9 Å². The molecule has 31 heavy (non-hydrogen) atoms. The minimum absolute atomic E-state index is 0.352. The number of imidazole rings is 1. The van der Waals surface area contributed by atoms with Crippen LogP contribution in [0.25, 0.3) is 17.0 Å². The molecular formula is C23H22N6O2. The van der Waals surface area contributed by atoms with Crippen molar-refractivity contribution in [1.29, 1.82) is 0 Å². The van der Waals surface area contributed by atoms with E-state index in [4.69, 9.17) is 20.4 Å². The average molecular weight is 414 g/mol. The van der Waals surface area contributed by atoms with E-state index >= 15 is 0 Å². The van der Waals surface area contributed by atoms with Crippen molar-refractivity contribution < 1.29 is 9.53 Å². The van der Waals surface area contributed by atoms with Crippen molar-refractivity contribution in [3.63, 3.8) is 0 Å². The van der Waals surface area contributed by atoms with Gasteiger partial charge in [-0.05, 0) is 37.0 Å². The summed E-state index contributed by atoms with van der Waals surface area (Å²) in [6.07, 6.45) is 4.41. The topological polar surface area (TPSA) is 107 Å². The van der Waals surface area contributed by atoms with Crippen LogP contribution in [-0.2, 0) is 13.0 Å². The maximum Gasteiger partial charge on any atom is 0.265 e. The van der Waals surface area contributed by atoms with Gasteiger partial charge in [0.2, 0.25) is 5.88 Å². The van der Waals surface area contributed by atoms with Crippen molar-refractivity contribution >= 4 is 17.2 Å². The molecule has 4 heterocycles. The Morgan fingerprint density at radius 3 is 2.81 bits per heavy atom. The van der Waals surface area contributed by atoms with Crippen molar-refractivity contribution in [1.82, 2.24) is 19.4 Å². The fourth-order valence-corrected chi connectivity index (χ4v) is 3.81. The van der Waals surface area contributed by atoms with Gasteiger partial charge in [-0.3, -0.25) is 9.20 Å². The van der Waals surface area contributed by atoms with Crippen LogP contribution >= 0.6 is 0 Å². The zero-order valence-corrected chi connectivity index (χ0v) is 16.9. The molecule has 8 heteroatoms. The average Bonchev–Trinajstić information content (AvgIpc) is 3.08. The smallest absolute Gasteiger partial charge is 0.265 e. The molecule has 0 unspecified atom stereocenters. The number of fused-ring (bicyclic) bond motifs is 2. The Labute approximate surface area is 179 Å². The molecule has 8 nitrogen and oxygen atoms in total. The summed E-state index contributed by atoms with van der Waals surface area (Å²) in [4.78, 5) is 25.8. The predicted molar refractivity (Wildman–Crippen MR) is 117 cm³/mol. The molecular weight excluding hydrogens is 392 g/mol. The van der Waals surface area contributed by atoms with Gasteiger partial charge >= 0.3 is 0 Å². The van der Waals surface area contributed by atoms with E-state index in [-0.39, 0.29) is 0 Å². The molecule has 0 saturated carbocycles. The van der Waals surface area contributed by atoms with Gasteiger partial charge in [0.1, 0.15) is 23.5 Å². The molecule has 0 radical (unpaired) electrons. The van der Waals surface area contributed by atoms with Crippen LogP contribution < -0.4 is 15.8 Å². The summed E-state index contributed by atoms with van der Waals surface area (Å²) in [6.45, 7) is 1.26. The summed E-state index contributed by atoms with van der Waals surface area (Å²) in [6, 6.07) is 15.5. The van der Waals surface area contributed by atoms with Gasteiger partial charge in [0.25, 0.3) is 5.91 Å². The number of carbonyl (C=O) groups excluding carboxylic acids is 1. The number of nitrogens with one attached hydrogen (secondary N) is 1. The molecule has 0 aliphatic carbocycles. The Balaban J connectivity index is 1.59. The van der Waals surface area contributed by atoms with Gasteiger partial charge in [0.15, 0.2) is 5.82 Å². The number of hydrogen-bond acceptors (Lipinski definition) is 6. The lowest BCUT2D eigenvalue weighted by Crippen LogP contribution is -2.14. The molecule has 0 saturated heterocycles. The number of rotatable bonds is 5. The Bertz CT molecular complexity index is 1250. The van der Waals surface area contributed by atoms with Crippen LogP contribution in [0.4, 0.5) is 5.82 Å². The van der Waals surface area contributed by atoms with Crippen molar-refractivity contribution in [3.8, 4) is 17.4 Å². The number of benzene rings is 1. The van der Waals surface area contributed by atoms with E-state index in [1.54, 1.807) is 22.9 Å². The van der Waals surface area contributed by atoms with Gasteiger partial charge in [-0.15, -0.1) is 0 Å². The molecule has 0 spiro atoms. The molecule has 3 N–H and O–H groups in total. The lowest BCUT2D eigenvalue weighted by atomic mass is 10.1. The molecule has 156 valence electrons. The second kappa shape index (κ2) is 8.06. The Morgan fingerprint density at radius 1 is 1.10 bits per heavy atom. The van der Waals surface area contributed by atoms with E-state index in [0.29, 0.717) is 41.8 Å². The van der Waals surface area contributed by atoms with Gasteiger partial charge in [-0.25, -0.2) is 9.97 Å². The summed E-state index contributed by atoms with van der Waals surface area (Å²) in [5.41, 5.74) is 9.28. The number of ether oxygens (including phenoxy) is 1. The standard InChI is InChI=1S/C23H22N6O2/c24-20(30)18-11-6-10-17-19(26-14-29(17)18)22-27-21(25-13-15-7-2-1-3-8-15)16-9-4-5-12-31-23(16)28-22/h1-3,6-8,10-11,14H,4-5,9,12-13H2,(H2,24,30)(H,25,27,28). The SMILES string of the molecule is NC(=O)c1cccc2c(-c3nc(NCc4ccccc4)c4c(n3)OCCCC4)ncn12. The van der Waals surface area contributed by atoms with Gasteiger partial charge in [-0.2, -0.15) is 4.98 Å². The number of amides is 1. The maximum absolute atomic E-state index is 11.8. The summed E-state index contributed by atoms with van der Waals surface area (Å²) < 4.78 is 7.61. The number of aromatic nitrogens is 4. The van der Waals surface area contributed by atoms with Gasteiger partial charge in [0.05, 0.1) is 17.7 Å². The third kappa shape index (κ3) is 3.68. The highest BCUT2D eigenvalue weighted by molar-refractivity contribution is 5.92. The van der Waals surface area contributed by atoms with E-state index in [1.165, 1.54) is 0 Å². The number of anilines is 1. The summed E-state index contributed by atoms with van der Waals surface area (Å²) >= 11 is 0. The number of nitrogens with two attached hydrogens (primary N) is 1. The zero-order chi connectivity index (χ0) is 21.2. The first-order valence-electron chi connectivity index (χ1n) is 10.3. The fourth-order valence-electron chi connectivity index (χ4n) is 3.81. The second-order valence-electron chi connectivity index (χ2n) is 7.45. The van der Waals surface area contributed by atoms with Gasteiger partial charge in [-0.1, -0.05) is 36.4 Å². The molecule has 0 fully saturated rings. The largest absolute Gasteiger partial charge is 0.477 e. The van der Waals surface area contributed by atoms with E-state index in [9.17, 15) is 4.79 Å². The van der Waals surface area contributed by atoms with E-state index < -0.39 is 5.91 Å². The van der Waals surface area contributed by atoms with Crippen LogP contribution in [-0.4, -0.2) is 31.9 Å². The third-order valence-electron chi connectivity index (χ3n) is 5.37. The predicted octanol–water partition coefficient (Wildman–Crippen LogP) is 3.22. The van der Waals surface area contributed by atoms with E-state index in [0.717, 1.165) is 36.2 Å². The first-order chi connectivity index (χ1) is 15.2. The summed E-state index contributed by atoms with van der Waals surface area (Å²) in [5, 5.41) is 3.46. The molecule has 1 amide bonds. The fraction of sp³-hybridized carbons (Fsp3) is 0.217. The highest BCUT2D eigenvalue weighted by atomic mass is 16.5.